The van der Waals surface area contributed by atoms with Crippen LogP contribution in [0.5, 0.6) is 5.75 Å². The number of hydrogen-bond donors (Lipinski definition) is 0. The van der Waals surface area contributed by atoms with Gasteiger partial charge in [-0.2, -0.15) is 0 Å². The monoisotopic (exact) mass is 280 g/mol. The quantitative estimate of drug-likeness (QED) is 0.759. The molecule has 0 bridgehead atoms. The Morgan fingerprint density at radius 2 is 2.29 bits per heavy atom. The highest BCUT2D eigenvalue weighted by atomic mass is 79.9. The molecule has 0 fully saturated rings. The van der Waals surface area contributed by atoms with Gasteiger partial charge in [-0.05, 0) is 25.1 Å². The molecule has 0 aliphatic carbocycles. The molecule has 1 unspecified atom stereocenters. The minimum atomic E-state index is -0.964. The van der Waals surface area contributed by atoms with Gasteiger partial charge in [-0.15, -0.1) is 0 Å². The Bertz CT molecular complexity index is 304. The van der Waals surface area contributed by atoms with Crippen molar-refractivity contribution in [2.75, 3.05) is 6.61 Å². The minimum absolute atomic E-state index is 0.0711. The molecule has 0 N–H and O–H groups in total. The second-order valence-corrected chi connectivity index (χ2v) is 3.97. The Hall–Kier alpha value is -0.280. The van der Waals surface area contributed by atoms with Gasteiger partial charge in [0.1, 0.15) is 18.5 Å². The maximum absolute atomic E-state index is 12.5. The summed E-state index contributed by atoms with van der Waals surface area (Å²) >= 11 is 9.12. The van der Waals surface area contributed by atoms with E-state index in [0.717, 1.165) is 5.56 Å². The van der Waals surface area contributed by atoms with Crippen molar-refractivity contribution in [2.24, 2.45) is 0 Å². The molecule has 0 saturated carbocycles. The Kier molecular flexibility index (Phi) is 4.69. The highest BCUT2D eigenvalue weighted by Crippen LogP contribution is 2.25. The van der Waals surface area contributed by atoms with Gasteiger partial charge >= 0.3 is 0 Å². The van der Waals surface area contributed by atoms with E-state index in [9.17, 15) is 4.39 Å². The predicted molar refractivity (Wildman–Crippen MR) is 60.1 cm³/mol. The molecule has 1 nitrogen and oxygen atoms in total. The summed E-state index contributed by atoms with van der Waals surface area (Å²) in [6.45, 7) is 1.53. The first-order valence-corrected chi connectivity index (χ1v) is 5.74. The van der Waals surface area contributed by atoms with Crippen molar-refractivity contribution < 1.29 is 9.13 Å². The summed E-state index contributed by atoms with van der Waals surface area (Å²) < 4.78 is 17.8. The number of benzene rings is 1. The summed E-state index contributed by atoms with van der Waals surface area (Å²) in [5.74, 6) is 0.677. The van der Waals surface area contributed by atoms with E-state index in [1.807, 2.05) is 0 Å². The first-order valence-electron chi connectivity index (χ1n) is 4.24. The third-order valence-electron chi connectivity index (χ3n) is 1.63. The first kappa shape index (κ1) is 11.8. The molecule has 0 aliphatic heterocycles. The number of hydrogen-bond acceptors (Lipinski definition) is 1. The minimum Gasteiger partial charge on any atom is -0.490 e. The van der Waals surface area contributed by atoms with E-state index in [1.165, 1.54) is 6.92 Å². The topological polar surface area (TPSA) is 9.23 Å². The first-order chi connectivity index (χ1) is 6.63. The van der Waals surface area contributed by atoms with E-state index in [2.05, 4.69) is 15.9 Å². The van der Waals surface area contributed by atoms with Crippen molar-refractivity contribution in [1.29, 1.82) is 0 Å². The molecule has 14 heavy (non-hydrogen) atoms. The van der Waals surface area contributed by atoms with Gasteiger partial charge in [0.2, 0.25) is 0 Å². The average Bonchev–Trinajstić information content (AvgIpc) is 2.15. The van der Waals surface area contributed by atoms with Gasteiger partial charge in [0.25, 0.3) is 0 Å². The highest BCUT2D eigenvalue weighted by Gasteiger charge is 2.05. The van der Waals surface area contributed by atoms with E-state index < -0.39 is 6.17 Å². The zero-order chi connectivity index (χ0) is 10.6. The highest BCUT2D eigenvalue weighted by molar-refractivity contribution is 9.08. The molecular formula is C10H11BrClFO. The molecular weight excluding hydrogens is 270 g/mol. The molecule has 1 aromatic carbocycles. The van der Waals surface area contributed by atoms with E-state index in [4.69, 9.17) is 16.3 Å². The average molecular weight is 282 g/mol. The smallest absolute Gasteiger partial charge is 0.131 e. The summed E-state index contributed by atoms with van der Waals surface area (Å²) in [6.07, 6.45) is -0.964. The normalized spacial score (nSPS) is 12.6. The molecule has 4 heteroatoms. The van der Waals surface area contributed by atoms with Gasteiger partial charge in [-0.3, -0.25) is 0 Å². The van der Waals surface area contributed by atoms with Crippen molar-refractivity contribution in [3.8, 4) is 5.75 Å². The fourth-order valence-corrected chi connectivity index (χ4v) is 1.63. The van der Waals surface area contributed by atoms with E-state index in [0.29, 0.717) is 16.1 Å². The van der Waals surface area contributed by atoms with Gasteiger partial charge < -0.3 is 4.74 Å². The number of rotatable bonds is 4. The molecule has 0 aromatic heterocycles. The summed E-state index contributed by atoms with van der Waals surface area (Å²) in [5.41, 5.74) is 0.929. The molecule has 0 saturated heterocycles. The lowest BCUT2D eigenvalue weighted by molar-refractivity contribution is 0.209. The Balaban J connectivity index is 2.75. The van der Waals surface area contributed by atoms with Crippen LogP contribution in [0.15, 0.2) is 18.2 Å². The molecule has 0 radical (unpaired) electrons. The Morgan fingerprint density at radius 1 is 1.57 bits per heavy atom. The van der Waals surface area contributed by atoms with Crippen molar-refractivity contribution in [1.82, 2.24) is 0 Å². The van der Waals surface area contributed by atoms with Gasteiger partial charge in [0.05, 0.1) is 0 Å². The van der Waals surface area contributed by atoms with E-state index in [1.54, 1.807) is 18.2 Å². The van der Waals surface area contributed by atoms with Crippen LogP contribution in [0, 0.1) is 0 Å². The van der Waals surface area contributed by atoms with Gasteiger partial charge in [0, 0.05) is 15.9 Å². The van der Waals surface area contributed by atoms with Crippen LogP contribution in [-0.2, 0) is 5.33 Å². The molecule has 0 spiro atoms. The molecule has 78 valence electrons. The van der Waals surface area contributed by atoms with Crippen LogP contribution >= 0.6 is 27.5 Å². The summed E-state index contributed by atoms with van der Waals surface area (Å²) in [7, 11) is 0. The van der Waals surface area contributed by atoms with Crippen LogP contribution in [0.3, 0.4) is 0 Å². The lowest BCUT2D eigenvalue weighted by Gasteiger charge is -2.10. The third-order valence-corrected chi connectivity index (χ3v) is 2.47. The van der Waals surface area contributed by atoms with Crippen LogP contribution < -0.4 is 4.74 Å². The second kappa shape index (κ2) is 5.56. The van der Waals surface area contributed by atoms with Crippen molar-refractivity contribution >= 4 is 27.5 Å². The van der Waals surface area contributed by atoms with Crippen LogP contribution in [0.1, 0.15) is 12.5 Å². The standard InChI is InChI=1S/C10H11BrClFO/c1-7(13)6-14-10-3-2-9(12)4-8(10)5-11/h2-4,7H,5-6H2,1H3. The zero-order valence-electron chi connectivity index (χ0n) is 7.77. The van der Waals surface area contributed by atoms with Crippen LogP contribution in [0.25, 0.3) is 0 Å². The Morgan fingerprint density at radius 3 is 2.86 bits per heavy atom. The lowest BCUT2D eigenvalue weighted by Crippen LogP contribution is -2.09. The number of ether oxygens (including phenoxy) is 1. The number of halogens is 3. The third kappa shape index (κ3) is 3.46. The molecule has 0 heterocycles. The molecule has 0 aliphatic rings. The summed E-state index contributed by atoms with van der Waals surface area (Å²) in [5, 5.41) is 1.30. The van der Waals surface area contributed by atoms with Gasteiger partial charge in [-0.25, -0.2) is 4.39 Å². The van der Waals surface area contributed by atoms with Crippen molar-refractivity contribution in [2.45, 2.75) is 18.4 Å². The SMILES string of the molecule is CC(F)COc1ccc(Cl)cc1CBr. The maximum atomic E-state index is 12.5. The van der Waals surface area contributed by atoms with E-state index in [-0.39, 0.29) is 6.61 Å². The molecule has 1 atom stereocenters. The van der Waals surface area contributed by atoms with Crippen molar-refractivity contribution in [3.05, 3.63) is 28.8 Å². The van der Waals surface area contributed by atoms with Crippen LogP contribution in [0.4, 0.5) is 4.39 Å². The largest absolute Gasteiger partial charge is 0.490 e. The summed E-state index contributed by atoms with van der Waals surface area (Å²) in [6, 6.07) is 5.28. The Labute approximate surface area is 96.3 Å². The lowest BCUT2D eigenvalue weighted by atomic mass is 10.2. The molecule has 1 aromatic rings. The van der Waals surface area contributed by atoms with E-state index >= 15 is 0 Å². The van der Waals surface area contributed by atoms with Crippen LogP contribution in [0.2, 0.25) is 5.02 Å². The maximum Gasteiger partial charge on any atom is 0.131 e. The fourth-order valence-electron chi connectivity index (χ4n) is 0.998. The van der Waals surface area contributed by atoms with Gasteiger partial charge in [-0.1, -0.05) is 27.5 Å². The molecule has 1 rings (SSSR count). The predicted octanol–water partition coefficient (Wildman–Crippen LogP) is 3.97. The second-order valence-electron chi connectivity index (χ2n) is 2.98. The number of alkyl halides is 2. The fraction of sp³-hybridized carbons (Fsp3) is 0.400. The molecule has 0 amide bonds. The summed E-state index contributed by atoms with van der Waals surface area (Å²) in [4.78, 5) is 0. The van der Waals surface area contributed by atoms with Crippen LogP contribution in [-0.4, -0.2) is 12.8 Å². The zero-order valence-corrected chi connectivity index (χ0v) is 10.1. The van der Waals surface area contributed by atoms with Gasteiger partial charge in [0.15, 0.2) is 0 Å². The van der Waals surface area contributed by atoms with Crippen molar-refractivity contribution in [3.63, 3.8) is 0 Å².